The van der Waals surface area contributed by atoms with Gasteiger partial charge < -0.3 is 15.0 Å². The third kappa shape index (κ3) is 5.61. The van der Waals surface area contributed by atoms with Crippen LogP contribution in [0.2, 0.25) is 0 Å². The Morgan fingerprint density at radius 2 is 2.05 bits per heavy atom. The number of piperazine rings is 1. The maximum absolute atomic E-state index is 15.8. The van der Waals surface area contributed by atoms with Crippen LogP contribution in [0.25, 0.3) is 17.3 Å². The Balaban J connectivity index is 1.97. The van der Waals surface area contributed by atoms with E-state index in [9.17, 15) is 20.0 Å². The molecule has 1 saturated heterocycles. The van der Waals surface area contributed by atoms with Gasteiger partial charge in [-0.1, -0.05) is 26.5 Å². The average molecular weight is 565 g/mol. The molecule has 0 saturated carbocycles. The fourth-order valence-corrected chi connectivity index (χ4v) is 4.96. The minimum Gasteiger partial charge on any atom is -0.427 e. The highest BCUT2D eigenvalue weighted by Gasteiger charge is 2.31. The summed E-state index contributed by atoms with van der Waals surface area (Å²) in [5.74, 6) is -1.29. The first-order valence-corrected chi connectivity index (χ1v) is 13.1. The van der Waals surface area contributed by atoms with Crippen molar-refractivity contribution in [1.29, 1.82) is 0 Å². The van der Waals surface area contributed by atoms with E-state index in [1.807, 2.05) is 13.8 Å². The van der Waals surface area contributed by atoms with Gasteiger partial charge in [-0.15, -0.1) is 0 Å². The molecule has 0 aromatic carbocycles. The van der Waals surface area contributed by atoms with Crippen LogP contribution in [0.5, 0.6) is 0 Å². The van der Waals surface area contributed by atoms with Crippen LogP contribution in [0.4, 0.5) is 16.0 Å². The van der Waals surface area contributed by atoms with Crippen LogP contribution in [0.3, 0.4) is 0 Å². The number of carbonyl (C=O) groups is 1. The Morgan fingerprint density at radius 1 is 1.29 bits per heavy atom. The summed E-state index contributed by atoms with van der Waals surface area (Å²) in [6, 6.07) is 1.40. The van der Waals surface area contributed by atoms with Gasteiger partial charge in [-0.05, 0) is 44.1 Å². The van der Waals surface area contributed by atoms with E-state index in [-0.39, 0.29) is 47.1 Å². The van der Waals surface area contributed by atoms with Crippen LogP contribution < -0.4 is 16.1 Å². The predicted molar refractivity (Wildman–Crippen MR) is 153 cm³/mol. The zero-order valence-electron chi connectivity index (χ0n) is 23.2. The van der Waals surface area contributed by atoms with Crippen molar-refractivity contribution in [3.8, 4) is 5.69 Å². The third-order valence-corrected chi connectivity index (χ3v) is 6.97. The Bertz CT molecular complexity index is 1580. The van der Waals surface area contributed by atoms with Crippen LogP contribution in [0.1, 0.15) is 42.9 Å². The molecule has 3 aromatic rings. The van der Waals surface area contributed by atoms with E-state index in [0.717, 1.165) is 12.5 Å². The molecule has 0 unspecified atom stereocenters. The van der Waals surface area contributed by atoms with E-state index in [0.29, 0.717) is 41.2 Å². The maximum atomic E-state index is 15.8. The van der Waals surface area contributed by atoms with Gasteiger partial charge in [-0.25, -0.2) is 18.7 Å². The number of anilines is 2. The summed E-state index contributed by atoms with van der Waals surface area (Å²) < 4.78 is 17.6. The predicted octanol–water partition coefficient (Wildman–Crippen LogP) is 3.37. The summed E-state index contributed by atoms with van der Waals surface area (Å²) in [6.07, 6.45) is 7.75. The smallest absolute Gasteiger partial charge is 0.355 e. The number of amides is 1. The number of carbonyl (C=O) groups excluding carboxylic acids is 1. The number of nitrogens with zero attached hydrogens (tertiary/aromatic N) is 7. The van der Waals surface area contributed by atoms with Crippen molar-refractivity contribution in [2.45, 2.75) is 39.7 Å². The number of imidazole rings is 1. The highest BCUT2D eigenvalue weighted by Crippen LogP contribution is 2.34. The number of hydrogen-bond donors (Lipinski definition) is 3. The van der Waals surface area contributed by atoms with Crippen molar-refractivity contribution in [2.24, 2.45) is 0 Å². The van der Waals surface area contributed by atoms with Crippen LogP contribution >= 0.6 is 0 Å². The van der Waals surface area contributed by atoms with Gasteiger partial charge in [0.2, 0.25) is 5.91 Å². The normalized spacial score (nSPS) is 15.6. The fraction of sp³-hybridized carbons (Fsp3) is 0.321. The summed E-state index contributed by atoms with van der Waals surface area (Å²) in [4.78, 5) is 42.1. The molecule has 1 atom stereocenters. The zero-order valence-corrected chi connectivity index (χ0v) is 23.2. The number of nitrogens with one attached hydrogen (secondary N) is 1. The number of aromatic nitrogens is 5. The number of allylic oxidation sites excluding steroid dienone is 2. The monoisotopic (exact) mass is 564 g/mol. The molecule has 13 heteroatoms. The average Bonchev–Trinajstić information content (AvgIpc) is 3.39. The lowest BCUT2D eigenvalue weighted by atomic mass is 10.1. The molecule has 0 bridgehead atoms. The molecule has 1 fully saturated rings. The number of aryl methyl sites for hydroxylation is 2. The molecule has 0 radical (unpaired) electrons. The standard InChI is InChI=1S/C28H33FN8O4/c1-6-8-22-24(17(3)9-10-30-22)37-27(33-40)20(15-21(29)19(5)25-31-11-12-36(25)41)26(32-28(37)39)35-14-13-34(16-18(35)4)23(38)7-2/h7,9-12,15,18,33,40-41H,2,5-6,8,13-14,16H2,1,3-4H3/b21-15+/t18-/m0/s1. The van der Waals surface area contributed by atoms with E-state index in [4.69, 9.17) is 0 Å². The molecule has 4 rings (SSSR count). The van der Waals surface area contributed by atoms with Crippen LogP contribution in [-0.2, 0) is 11.2 Å². The second-order valence-corrected chi connectivity index (χ2v) is 9.70. The summed E-state index contributed by atoms with van der Waals surface area (Å²) in [7, 11) is 0. The molecule has 3 aromatic heterocycles. The van der Waals surface area contributed by atoms with Gasteiger partial charge in [0, 0.05) is 43.6 Å². The Kier molecular flexibility index (Phi) is 8.67. The van der Waals surface area contributed by atoms with E-state index in [1.54, 1.807) is 29.0 Å². The van der Waals surface area contributed by atoms with Crippen molar-refractivity contribution in [2.75, 3.05) is 30.0 Å². The van der Waals surface area contributed by atoms with Gasteiger partial charge in [0.15, 0.2) is 5.82 Å². The van der Waals surface area contributed by atoms with Gasteiger partial charge in [0.05, 0.1) is 23.1 Å². The minimum absolute atomic E-state index is 0.0443. The van der Waals surface area contributed by atoms with Crippen molar-refractivity contribution in [1.82, 2.24) is 29.1 Å². The largest absolute Gasteiger partial charge is 0.427 e. The van der Waals surface area contributed by atoms with Gasteiger partial charge in [-0.2, -0.15) is 9.71 Å². The second-order valence-electron chi connectivity index (χ2n) is 9.70. The molecular weight excluding hydrogens is 531 g/mol. The lowest BCUT2D eigenvalue weighted by molar-refractivity contribution is -0.126. The first kappa shape index (κ1) is 29.2. The third-order valence-electron chi connectivity index (χ3n) is 6.97. The molecule has 0 spiro atoms. The molecule has 0 aliphatic carbocycles. The summed E-state index contributed by atoms with van der Waals surface area (Å²) in [5.41, 5.74) is 2.92. The number of pyridine rings is 1. The topological polar surface area (TPSA) is 142 Å². The second kappa shape index (κ2) is 12.2. The molecule has 41 heavy (non-hydrogen) atoms. The SMILES string of the molecule is C=CC(=O)N1CCN(c2nc(=O)n(-c3c(C)ccnc3CCC)c(NO)c2/C=C(/F)C(=C)c2nccn2O)[C@@H](C)C1. The van der Waals surface area contributed by atoms with E-state index < -0.39 is 11.5 Å². The molecule has 1 aliphatic rings. The van der Waals surface area contributed by atoms with E-state index >= 15 is 4.39 Å². The molecule has 1 amide bonds. The molecule has 1 aliphatic heterocycles. The molecule has 3 N–H and O–H groups in total. The molecule has 216 valence electrons. The Morgan fingerprint density at radius 3 is 2.66 bits per heavy atom. The Labute approximate surface area is 236 Å². The van der Waals surface area contributed by atoms with Gasteiger partial charge in [-0.3, -0.25) is 20.5 Å². The quantitative estimate of drug-likeness (QED) is 0.154. The number of rotatable bonds is 9. The van der Waals surface area contributed by atoms with Crippen molar-refractivity contribution in [3.05, 3.63) is 82.8 Å². The summed E-state index contributed by atoms with van der Waals surface area (Å²) >= 11 is 0. The summed E-state index contributed by atoms with van der Waals surface area (Å²) in [6.45, 7) is 13.8. The fourth-order valence-electron chi connectivity index (χ4n) is 4.96. The Hall–Kier alpha value is -4.78. The van der Waals surface area contributed by atoms with Crippen LogP contribution in [0.15, 0.2) is 54.5 Å². The zero-order chi connectivity index (χ0) is 29.8. The highest BCUT2D eigenvalue weighted by atomic mass is 19.1. The summed E-state index contributed by atoms with van der Waals surface area (Å²) in [5, 5.41) is 20.4. The van der Waals surface area contributed by atoms with Crippen LogP contribution in [0, 0.1) is 6.92 Å². The van der Waals surface area contributed by atoms with Gasteiger partial charge in [0.1, 0.15) is 17.5 Å². The van der Waals surface area contributed by atoms with Crippen LogP contribution in [-0.4, -0.2) is 71.1 Å². The van der Waals surface area contributed by atoms with Gasteiger partial charge >= 0.3 is 5.69 Å². The minimum atomic E-state index is -0.888. The molecular formula is C28H33FN8O4. The van der Waals surface area contributed by atoms with E-state index in [1.165, 1.54) is 23.0 Å². The first-order chi connectivity index (χ1) is 19.6. The number of hydrogen-bond acceptors (Lipinski definition) is 9. The van der Waals surface area contributed by atoms with Crippen molar-refractivity contribution >= 4 is 29.2 Å². The first-order valence-electron chi connectivity index (χ1n) is 13.1. The van der Waals surface area contributed by atoms with Crippen molar-refractivity contribution in [3.63, 3.8) is 0 Å². The molecule has 12 nitrogen and oxygen atoms in total. The van der Waals surface area contributed by atoms with E-state index in [2.05, 4.69) is 33.6 Å². The van der Waals surface area contributed by atoms with Crippen molar-refractivity contribution < 1.29 is 19.6 Å². The highest BCUT2D eigenvalue weighted by molar-refractivity contribution is 5.87. The lowest BCUT2D eigenvalue weighted by Crippen LogP contribution is -2.54. The number of halogens is 1. The maximum Gasteiger partial charge on any atom is 0.355 e. The lowest BCUT2D eigenvalue weighted by Gasteiger charge is -2.41. The van der Waals surface area contributed by atoms with Gasteiger partial charge in [0.25, 0.3) is 0 Å². The molecule has 4 heterocycles.